The summed E-state index contributed by atoms with van der Waals surface area (Å²) in [6.45, 7) is 8.12. The third-order valence-electron chi connectivity index (χ3n) is 2.64. The monoisotopic (exact) mass is 247 g/mol. The standard InChI is InChI=1S/C13H17N3S/c1-4-14-8-11-10(3)16-13(17-11)12-9(2)6-5-7-15-12/h5-7,14H,4,8H2,1-3H3. The van der Waals surface area contributed by atoms with Crippen molar-refractivity contribution in [1.82, 2.24) is 15.3 Å². The minimum Gasteiger partial charge on any atom is -0.312 e. The van der Waals surface area contributed by atoms with E-state index in [1.165, 1.54) is 10.4 Å². The molecule has 0 spiro atoms. The van der Waals surface area contributed by atoms with E-state index in [2.05, 4.69) is 42.1 Å². The smallest absolute Gasteiger partial charge is 0.142 e. The van der Waals surface area contributed by atoms with Gasteiger partial charge in [-0.25, -0.2) is 4.98 Å². The van der Waals surface area contributed by atoms with Gasteiger partial charge in [0.15, 0.2) is 0 Å². The number of pyridine rings is 1. The Morgan fingerprint density at radius 2 is 2.18 bits per heavy atom. The Morgan fingerprint density at radius 1 is 1.35 bits per heavy atom. The second kappa shape index (κ2) is 5.38. The summed E-state index contributed by atoms with van der Waals surface area (Å²) in [5.41, 5.74) is 3.29. The summed E-state index contributed by atoms with van der Waals surface area (Å²) in [6.07, 6.45) is 1.82. The van der Waals surface area contributed by atoms with Gasteiger partial charge in [-0.3, -0.25) is 4.98 Å². The van der Waals surface area contributed by atoms with Crippen LogP contribution in [0.3, 0.4) is 0 Å². The highest BCUT2D eigenvalue weighted by atomic mass is 32.1. The van der Waals surface area contributed by atoms with Crippen molar-refractivity contribution in [3.05, 3.63) is 34.5 Å². The van der Waals surface area contributed by atoms with Gasteiger partial charge in [0.25, 0.3) is 0 Å². The molecule has 0 aliphatic carbocycles. The fourth-order valence-corrected chi connectivity index (χ4v) is 2.74. The molecule has 1 N–H and O–H groups in total. The summed E-state index contributed by atoms with van der Waals surface area (Å²) < 4.78 is 0. The number of nitrogens with zero attached hydrogens (tertiary/aromatic N) is 2. The van der Waals surface area contributed by atoms with E-state index in [0.29, 0.717) is 0 Å². The van der Waals surface area contributed by atoms with Crippen molar-refractivity contribution in [1.29, 1.82) is 0 Å². The lowest BCUT2D eigenvalue weighted by Gasteiger charge is -1.99. The van der Waals surface area contributed by atoms with Crippen molar-refractivity contribution in [3.8, 4) is 10.7 Å². The van der Waals surface area contributed by atoms with E-state index in [-0.39, 0.29) is 0 Å². The van der Waals surface area contributed by atoms with E-state index in [0.717, 1.165) is 29.5 Å². The first-order chi connectivity index (χ1) is 8.22. The predicted octanol–water partition coefficient (Wildman–Crippen LogP) is 2.93. The van der Waals surface area contributed by atoms with Gasteiger partial charge in [0.05, 0.1) is 5.69 Å². The molecule has 0 aliphatic rings. The summed E-state index contributed by atoms with van der Waals surface area (Å²) >= 11 is 1.73. The van der Waals surface area contributed by atoms with Crippen molar-refractivity contribution in [2.45, 2.75) is 27.3 Å². The molecule has 0 unspecified atom stereocenters. The molecule has 3 nitrogen and oxygen atoms in total. The zero-order valence-corrected chi connectivity index (χ0v) is 11.3. The highest BCUT2D eigenvalue weighted by Crippen LogP contribution is 2.28. The first kappa shape index (κ1) is 12.2. The summed E-state index contributed by atoms with van der Waals surface area (Å²) in [5, 5.41) is 4.36. The number of aromatic nitrogens is 2. The fourth-order valence-electron chi connectivity index (χ4n) is 1.64. The number of hydrogen-bond donors (Lipinski definition) is 1. The molecule has 0 aliphatic heterocycles. The first-order valence-corrected chi connectivity index (χ1v) is 6.63. The van der Waals surface area contributed by atoms with Gasteiger partial charge >= 0.3 is 0 Å². The van der Waals surface area contributed by atoms with Crippen molar-refractivity contribution in [2.24, 2.45) is 0 Å². The molecule has 2 rings (SSSR count). The SMILES string of the molecule is CCNCc1sc(-c2ncccc2C)nc1C. The van der Waals surface area contributed by atoms with Gasteiger partial charge in [-0.05, 0) is 32.0 Å². The number of rotatable bonds is 4. The maximum atomic E-state index is 4.61. The fraction of sp³-hybridized carbons (Fsp3) is 0.385. The Bertz CT molecular complexity index is 505. The second-order valence-electron chi connectivity index (χ2n) is 3.98. The average Bonchev–Trinajstić information content (AvgIpc) is 2.68. The molecule has 4 heteroatoms. The normalized spacial score (nSPS) is 10.8. The maximum Gasteiger partial charge on any atom is 0.142 e. The lowest BCUT2D eigenvalue weighted by Crippen LogP contribution is -2.11. The van der Waals surface area contributed by atoms with Gasteiger partial charge in [0.2, 0.25) is 0 Å². The summed E-state index contributed by atoms with van der Waals surface area (Å²) in [6, 6.07) is 4.03. The molecule has 0 fully saturated rings. The quantitative estimate of drug-likeness (QED) is 0.902. The Kier molecular flexibility index (Phi) is 3.86. The largest absolute Gasteiger partial charge is 0.312 e. The Labute approximate surface area is 106 Å². The topological polar surface area (TPSA) is 37.8 Å². The molecule has 0 aromatic carbocycles. The van der Waals surface area contributed by atoms with E-state index in [1.807, 2.05) is 12.3 Å². The number of nitrogens with one attached hydrogen (secondary N) is 1. The lowest BCUT2D eigenvalue weighted by atomic mass is 10.2. The number of hydrogen-bond acceptors (Lipinski definition) is 4. The molecule has 0 saturated heterocycles. The minimum absolute atomic E-state index is 0.895. The Hall–Kier alpha value is -1.26. The highest BCUT2D eigenvalue weighted by Gasteiger charge is 2.11. The van der Waals surface area contributed by atoms with Crippen LogP contribution in [0, 0.1) is 13.8 Å². The third kappa shape index (κ3) is 2.70. The average molecular weight is 247 g/mol. The molecule has 0 amide bonds. The van der Waals surface area contributed by atoms with Crippen LogP contribution in [0.1, 0.15) is 23.1 Å². The van der Waals surface area contributed by atoms with Crippen LogP contribution in [0.15, 0.2) is 18.3 Å². The van der Waals surface area contributed by atoms with Gasteiger partial charge in [-0.1, -0.05) is 13.0 Å². The molecule has 2 aromatic rings. The third-order valence-corrected chi connectivity index (χ3v) is 3.80. The van der Waals surface area contributed by atoms with Crippen molar-refractivity contribution < 1.29 is 0 Å². The van der Waals surface area contributed by atoms with Crippen molar-refractivity contribution in [2.75, 3.05) is 6.54 Å². The molecule has 2 heterocycles. The zero-order chi connectivity index (χ0) is 12.3. The number of thiazole rings is 1. The van der Waals surface area contributed by atoms with Gasteiger partial charge in [-0.2, -0.15) is 0 Å². The van der Waals surface area contributed by atoms with Crippen LogP contribution in [-0.2, 0) is 6.54 Å². The molecule has 2 aromatic heterocycles. The second-order valence-corrected chi connectivity index (χ2v) is 5.06. The molecule has 0 radical (unpaired) electrons. The molecule has 0 bridgehead atoms. The van der Waals surface area contributed by atoms with E-state index in [1.54, 1.807) is 11.3 Å². The van der Waals surface area contributed by atoms with Crippen LogP contribution in [0.5, 0.6) is 0 Å². The number of aryl methyl sites for hydroxylation is 2. The Morgan fingerprint density at radius 3 is 2.88 bits per heavy atom. The minimum atomic E-state index is 0.895. The van der Waals surface area contributed by atoms with Gasteiger partial charge < -0.3 is 5.32 Å². The summed E-state index contributed by atoms with van der Waals surface area (Å²) in [7, 11) is 0. The van der Waals surface area contributed by atoms with Gasteiger partial charge in [0.1, 0.15) is 10.7 Å². The molecule has 0 saturated carbocycles. The van der Waals surface area contributed by atoms with Crippen LogP contribution in [-0.4, -0.2) is 16.5 Å². The van der Waals surface area contributed by atoms with Gasteiger partial charge in [0, 0.05) is 17.6 Å². The predicted molar refractivity (Wildman–Crippen MR) is 72.2 cm³/mol. The van der Waals surface area contributed by atoms with E-state index < -0.39 is 0 Å². The van der Waals surface area contributed by atoms with E-state index in [4.69, 9.17) is 0 Å². The molecule has 0 atom stereocenters. The van der Waals surface area contributed by atoms with E-state index >= 15 is 0 Å². The zero-order valence-electron chi connectivity index (χ0n) is 10.4. The summed E-state index contributed by atoms with van der Waals surface area (Å²) in [5.74, 6) is 0. The molecular formula is C13H17N3S. The lowest BCUT2D eigenvalue weighted by molar-refractivity contribution is 0.731. The van der Waals surface area contributed by atoms with Crippen LogP contribution in [0.25, 0.3) is 10.7 Å². The molecule has 90 valence electrons. The van der Waals surface area contributed by atoms with E-state index in [9.17, 15) is 0 Å². The van der Waals surface area contributed by atoms with Crippen molar-refractivity contribution in [3.63, 3.8) is 0 Å². The van der Waals surface area contributed by atoms with Gasteiger partial charge in [-0.15, -0.1) is 11.3 Å². The highest BCUT2D eigenvalue weighted by molar-refractivity contribution is 7.15. The molecular weight excluding hydrogens is 230 g/mol. The first-order valence-electron chi connectivity index (χ1n) is 5.81. The van der Waals surface area contributed by atoms with Crippen LogP contribution >= 0.6 is 11.3 Å². The van der Waals surface area contributed by atoms with Crippen LogP contribution in [0.4, 0.5) is 0 Å². The maximum absolute atomic E-state index is 4.61. The van der Waals surface area contributed by atoms with Crippen molar-refractivity contribution >= 4 is 11.3 Å². The summed E-state index contributed by atoms with van der Waals surface area (Å²) in [4.78, 5) is 10.3. The Balaban J connectivity index is 2.31. The van der Waals surface area contributed by atoms with Crippen LogP contribution in [0.2, 0.25) is 0 Å². The molecule has 17 heavy (non-hydrogen) atoms. The van der Waals surface area contributed by atoms with Crippen LogP contribution < -0.4 is 5.32 Å².